The van der Waals surface area contributed by atoms with E-state index in [1.54, 1.807) is 0 Å². The van der Waals surface area contributed by atoms with Crippen LogP contribution < -0.4 is 0 Å². The van der Waals surface area contributed by atoms with E-state index in [-0.39, 0.29) is 27.9 Å². The molecule has 1 heteroatoms. The van der Waals surface area contributed by atoms with Crippen molar-refractivity contribution in [2.24, 2.45) is 0 Å². The van der Waals surface area contributed by atoms with E-state index < -0.39 is 0 Å². The maximum Gasteiger partial charge on any atom is 0 e. The molecule has 14 heavy (non-hydrogen) atoms. The van der Waals surface area contributed by atoms with Crippen LogP contribution in [0.4, 0.5) is 0 Å². The minimum Gasteiger partial charge on any atom is -0.213 e. The van der Waals surface area contributed by atoms with Crippen LogP contribution in [0.1, 0.15) is 52.7 Å². The van der Waals surface area contributed by atoms with Gasteiger partial charge in [0.25, 0.3) is 0 Å². The van der Waals surface area contributed by atoms with E-state index in [0.717, 1.165) is 0 Å². The minimum atomic E-state index is 0. The zero-order chi connectivity index (χ0) is 10.3. The van der Waals surface area contributed by atoms with E-state index in [4.69, 9.17) is 0 Å². The molecule has 1 aromatic carbocycles. The Morgan fingerprint density at radius 1 is 1.00 bits per heavy atom. The molecular weight excluding hydrogens is 211 g/mol. The molecule has 0 fully saturated rings. The first-order valence-corrected chi connectivity index (χ1v) is 4.99. The monoisotopic (exact) mass is 232 g/mol. The van der Waals surface area contributed by atoms with Crippen LogP contribution in [0, 0.1) is 0 Å². The second-order valence-electron chi connectivity index (χ2n) is 5.85. The average molecular weight is 232 g/mol. The molecule has 0 N–H and O–H groups in total. The Morgan fingerprint density at radius 3 is 1.79 bits per heavy atom. The van der Waals surface area contributed by atoms with Gasteiger partial charge >= 0.3 is 0 Å². The molecule has 0 unspecified atom stereocenters. The Balaban J connectivity index is 0.00000169. The SMILES string of the molecule is CC(C)(C)c1ccc[c-]1C(C)(C)C.[Mn]. The van der Waals surface area contributed by atoms with E-state index in [0.29, 0.717) is 0 Å². The van der Waals surface area contributed by atoms with Gasteiger partial charge in [0, 0.05) is 17.1 Å². The fraction of sp³-hybridized carbons (Fsp3) is 0.615. The van der Waals surface area contributed by atoms with Crippen molar-refractivity contribution < 1.29 is 17.1 Å². The molecule has 81 valence electrons. The molecule has 1 aromatic rings. The van der Waals surface area contributed by atoms with Gasteiger partial charge in [-0.3, -0.25) is 0 Å². The van der Waals surface area contributed by atoms with Crippen molar-refractivity contribution in [3.63, 3.8) is 0 Å². The zero-order valence-electron chi connectivity index (χ0n) is 10.1. The molecule has 0 aliphatic carbocycles. The molecule has 0 spiro atoms. The van der Waals surface area contributed by atoms with E-state index in [2.05, 4.69) is 59.7 Å². The predicted molar refractivity (Wildman–Crippen MR) is 59.4 cm³/mol. The third-order valence-corrected chi connectivity index (χ3v) is 2.43. The number of hydrogen-bond acceptors (Lipinski definition) is 0. The molecular formula is C13H21Mn-. The second-order valence-corrected chi connectivity index (χ2v) is 5.85. The molecule has 0 aliphatic rings. The maximum absolute atomic E-state index is 2.28. The fourth-order valence-corrected chi connectivity index (χ4v) is 1.73. The number of rotatable bonds is 0. The first kappa shape index (κ1) is 13.9. The quantitative estimate of drug-likeness (QED) is 0.468. The summed E-state index contributed by atoms with van der Waals surface area (Å²) in [7, 11) is 0. The van der Waals surface area contributed by atoms with Crippen LogP contribution in [-0.4, -0.2) is 0 Å². The average Bonchev–Trinajstić information content (AvgIpc) is 2.27. The standard InChI is InChI=1S/C13H21.Mn/c1-12(2,3)10-8-7-9-11(10)13(4,5)6;/h7-9H,1-6H3;/q-1;. The predicted octanol–water partition coefficient (Wildman–Crippen LogP) is 4.00. The van der Waals surface area contributed by atoms with Gasteiger partial charge in [-0.2, -0.15) is 11.6 Å². The first-order valence-electron chi connectivity index (χ1n) is 4.99. The van der Waals surface area contributed by atoms with E-state index in [1.165, 1.54) is 11.1 Å². The van der Waals surface area contributed by atoms with E-state index >= 15 is 0 Å². The van der Waals surface area contributed by atoms with Crippen molar-refractivity contribution >= 4 is 0 Å². The molecule has 0 saturated heterocycles. The molecule has 0 heterocycles. The van der Waals surface area contributed by atoms with Gasteiger partial charge in [-0.05, 0) is 5.41 Å². The molecule has 1 rings (SSSR count). The first-order chi connectivity index (χ1) is 5.73. The van der Waals surface area contributed by atoms with Gasteiger partial charge in [0.05, 0.1) is 0 Å². The molecule has 0 atom stereocenters. The van der Waals surface area contributed by atoms with Crippen LogP contribution in [0.3, 0.4) is 0 Å². The Labute approximate surface area is 98.9 Å². The molecule has 0 amide bonds. The largest absolute Gasteiger partial charge is 0.213 e. The van der Waals surface area contributed by atoms with Crippen LogP contribution in [-0.2, 0) is 27.9 Å². The summed E-state index contributed by atoms with van der Waals surface area (Å²) in [6, 6.07) is 6.67. The van der Waals surface area contributed by atoms with Gasteiger partial charge in [-0.15, -0.1) is 5.56 Å². The van der Waals surface area contributed by atoms with Crippen molar-refractivity contribution in [1.29, 1.82) is 0 Å². The van der Waals surface area contributed by atoms with Crippen molar-refractivity contribution in [1.82, 2.24) is 0 Å². The van der Waals surface area contributed by atoms with Crippen molar-refractivity contribution in [3.8, 4) is 0 Å². The van der Waals surface area contributed by atoms with Crippen LogP contribution in [0.25, 0.3) is 0 Å². The Hall–Kier alpha value is -0.131. The summed E-state index contributed by atoms with van der Waals surface area (Å²) >= 11 is 0. The smallest absolute Gasteiger partial charge is 0 e. The summed E-state index contributed by atoms with van der Waals surface area (Å²) in [5.74, 6) is 0. The van der Waals surface area contributed by atoms with Gasteiger partial charge in [-0.1, -0.05) is 47.0 Å². The molecule has 0 aromatic heterocycles. The van der Waals surface area contributed by atoms with Crippen LogP contribution in [0.15, 0.2) is 18.2 Å². The van der Waals surface area contributed by atoms with Crippen LogP contribution >= 0.6 is 0 Å². The van der Waals surface area contributed by atoms with Crippen LogP contribution in [0.5, 0.6) is 0 Å². The van der Waals surface area contributed by atoms with E-state index in [1.807, 2.05) is 0 Å². The van der Waals surface area contributed by atoms with Crippen molar-refractivity contribution in [2.75, 3.05) is 0 Å². The molecule has 0 nitrogen and oxygen atoms in total. The Kier molecular flexibility index (Phi) is 4.12. The fourth-order valence-electron chi connectivity index (χ4n) is 1.73. The maximum atomic E-state index is 2.28. The summed E-state index contributed by atoms with van der Waals surface area (Å²) in [6.07, 6.45) is 0. The minimum absolute atomic E-state index is 0. The molecule has 0 saturated carbocycles. The summed E-state index contributed by atoms with van der Waals surface area (Å²) in [4.78, 5) is 0. The van der Waals surface area contributed by atoms with Gasteiger partial charge in [-0.25, -0.2) is 12.1 Å². The summed E-state index contributed by atoms with van der Waals surface area (Å²) in [6.45, 7) is 13.7. The van der Waals surface area contributed by atoms with E-state index in [9.17, 15) is 0 Å². The topological polar surface area (TPSA) is 0 Å². The molecule has 0 aliphatic heterocycles. The number of hydrogen-bond donors (Lipinski definition) is 0. The van der Waals surface area contributed by atoms with Gasteiger partial charge in [0.1, 0.15) is 0 Å². The summed E-state index contributed by atoms with van der Waals surface area (Å²) in [5, 5.41) is 0. The third kappa shape index (κ3) is 2.93. The van der Waals surface area contributed by atoms with Gasteiger partial charge < -0.3 is 0 Å². The Morgan fingerprint density at radius 2 is 1.50 bits per heavy atom. The summed E-state index contributed by atoms with van der Waals surface area (Å²) in [5.41, 5.74) is 3.51. The van der Waals surface area contributed by atoms with Crippen molar-refractivity contribution in [3.05, 3.63) is 29.3 Å². The molecule has 1 radical (unpaired) electrons. The van der Waals surface area contributed by atoms with Crippen molar-refractivity contribution in [2.45, 2.75) is 52.4 Å². The zero-order valence-corrected chi connectivity index (χ0v) is 11.3. The Bertz CT molecular complexity index is 252. The second kappa shape index (κ2) is 4.16. The normalized spacial score (nSPS) is 12.4. The molecule has 0 bridgehead atoms. The third-order valence-electron chi connectivity index (χ3n) is 2.43. The summed E-state index contributed by atoms with van der Waals surface area (Å²) < 4.78 is 0. The van der Waals surface area contributed by atoms with Crippen LogP contribution in [0.2, 0.25) is 0 Å². The van der Waals surface area contributed by atoms with Gasteiger partial charge in [0.15, 0.2) is 0 Å². The van der Waals surface area contributed by atoms with Gasteiger partial charge in [0.2, 0.25) is 0 Å².